The van der Waals surface area contributed by atoms with E-state index in [-0.39, 0.29) is 5.91 Å². The standard InChI is InChI=1S/C13H18ClN3O/c1-15-13(18)9-3-4-11(14)12(7-9)16-10-5-6-17(2)8-10/h3-4,7,10,16H,5-6,8H2,1-2H3,(H,15,18). The average Bonchev–Trinajstić information content (AvgIpc) is 2.76. The summed E-state index contributed by atoms with van der Waals surface area (Å²) < 4.78 is 0. The molecule has 18 heavy (non-hydrogen) atoms. The van der Waals surface area contributed by atoms with Crippen molar-refractivity contribution in [2.45, 2.75) is 12.5 Å². The van der Waals surface area contributed by atoms with Gasteiger partial charge in [-0.2, -0.15) is 0 Å². The molecule has 0 aromatic heterocycles. The third-order valence-corrected chi connectivity index (χ3v) is 3.54. The minimum Gasteiger partial charge on any atom is -0.380 e. The average molecular weight is 268 g/mol. The number of nitrogens with one attached hydrogen (secondary N) is 2. The molecule has 0 spiro atoms. The Morgan fingerprint density at radius 2 is 2.28 bits per heavy atom. The Labute approximate surface area is 112 Å². The molecule has 1 heterocycles. The van der Waals surface area contributed by atoms with E-state index in [9.17, 15) is 4.79 Å². The molecule has 0 radical (unpaired) electrons. The quantitative estimate of drug-likeness (QED) is 0.878. The normalized spacial score (nSPS) is 19.8. The number of halogens is 1. The smallest absolute Gasteiger partial charge is 0.251 e. The van der Waals surface area contributed by atoms with E-state index in [1.54, 1.807) is 25.2 Å². The van der Waals surface area contributed by atoms with E-state index < -0.39 is 0 Å². The molecule has 1 aromatic carbocycles. The van der Waals surface area contributed by atoms with Crippen molar-refractivity contribution in [3.63, 3.8) is 0 Å². The van der Waals surface area contributed by atoms with Crippen LogP contribution in [0.1, 0.15) is 16.8 Å². The van der Waals surface area contributed by atoms with Crippen molar-refractivity contribution >= 4 is 23.2 Å². The van der Waals surface area contributed by atoms with E-state index in [0.717, 1.165) is 25.2 Å². The highest BCUT2D eigenvalue weighted by molar-refractivity contribution is 6.33. The van der Waals surface area contributed by atoms with Crippen molar-refractivity contribution in [3.05, 3.63) is 28.8 Å². The number of likely N-dealkylation sites (N-methyl/N-ethyl adjacent to an activating group) is 1. The Bertz CT molecular complexity index is 450. The third kappa shape index (κ3) is 2.94. The molecular weight excluding hydrogens is 250 g/mol. The number of hydrogen-bond donors (Lipinski definition) is 2. The van der Waals surface area contributed by atoms with Gasteiger partial charge in [-0.3, -0.25) is 4.79 Å². The maximum Gasteiger partial charge on any atom is 0.251 e. The fraction of sp³-hybridized carbons (Fsp3) is 0.462. The number of amides is 1. The topological polar surface area (TPSA) is 44.4 Å². The largest absolute Gasteiger partial charge is 0.380 e. The first-order valence-electron chi connectivity index (χ1n) is 6.07. The van der Waals surface area contributed by atoms with Gasteiger partial charge < -0.3 is 15.5 Å². The van der Waals surface area contributed by atoms with Crippen molar-refractivity contribution in [3.8, 4) is 0 Å². The Morgan fingerprint density at radius 1 is 1.50 bits per heavy atom. The number of hydrogen-bond acceptors (Lipinski definition) is 3. The Hall–Kier alpha value is -1.26. The zero-order chi connectivity index (χ0) is 13.1. The van der Waals surface area contributed by atoms with Gasteiger partial charge in [0, 0.05) is 25.2 Å². The molecule has 2 rings (SSSR count). The monoisotopic (exact) mass is 267 g/mol. The number of carbonyl (C=O) groups is 1. The lowest BCUT2D eigenvalue weighted by Crippen LogP contribution is -2.24. The van der Waals surface area contributed by atoms with Crippen molar-refractivity contribution < 1.29 is 4.79 Å². The molecule has 5 heteroatoms. The van der Waals surface area contributed by atoms with E-state index in [4.69, 9.17) is 11.6 Å². The van der Waals surface area contributed by atoms with Crippen LogP contribution in [0.5, 0.6) is 0 Å². The van der Waals surface area contributed by atoms with Crippen LogP contribution in [0.25, 0.3) is 0 Å². The van der Waals surface area contributed by atoms with Gasteiger partial charge in [-0.1, -0.05) is 11.6 Å². The zero-order valence-corrected chi connectivity index (χ0v) is 11.4. The molecule has 0 saturated carbocycles. The van der Waals surface area contributed by atoms with Crippen LogP contribution < -0.4 is 10.6 Å². The first kappa shape index (κ1) is 13.2. The summed E-state index contributed by atoms with van der Waals surface area (Å²) in [5.74, 6) is -0.0988. The molecule has 1 saturated heterocycles. The predicted octanol–water partition coefficient (Wildman–Crippen LogP) is 1.82. The summed E-state index contributed by atoms with van der Waals surface area (Å²) in [6.07, 6.45) is 1.09. The molecule has 1 atom stereocenters. The first-order valence-corrected chi connectivity index (χ1v) is 6.44. The summed E-state index contributed by atoms with van der Waals surface area (Å²) in [6, 6.07) is 5.69. The van der Waals surface area contributed by atoms with Gasteiger partial charge >= 0.3 is 0 Å². The van der Waals surface area contributed by atoms with Crippen LogP contribution in [0.3, 0.4) is 0 Å². The fourth-order valence-electron chi connectivity index (χ4n) is 2.19. The van der Waals surface area contributed by atoms with E-state index in [1.165, 1.54) is 0 Å². The Kier molecular flexibility index (Phi) is 4.09. The Morgan fingerprint density at radius 3 is 2.89 bits per heavy atom. The molecule has 0 aliphatic carbocycles. The molecule has 1 aliphatic heterocycles. The van der Waals surface area contributed by atoms with Crippen LogP contribution in [0.4, 0.5) is 5.69 Å². The molecule has 98 valence electrons. The molecule has 1 fully saturated rings. The summed E-state index contributed by atoms with van der Waals surface area (Å²) in [7, 11) is 3.72. The van der Waals surface area contributed by atoms with E-state index in [0.29, 0.717) is 16.6 Å². The molecule has 0 bridgehead atoms. The van der Waals surface area contributed by atoms with E-state index in [1.807, 2.05) is 0 Å². The van der Waals surface area contributed by atoms with Crippen molar-refractivity contribution in [1.29, 1.82) is 0 Å². The summed E-state index contributed by atoms with van der Waals surface area (Å²) in [5.41, 5.74) is 1.45. The predicted molar refractivity (Wildman–Crippen MR) is 74.4 cm³/mol. The molecule has 1 unspecified atom stereocenters. The number of nitrogens with zero attached hydrogens (tertiary/aromatic N) is 1. The number of benzene rings is 1. The van der Waals surface area contributed by atoms with Crippen LogP contribution in [-0.2, 0) is 0 Å². The number of carbonyl (C=O) groups excluding carboxylic acids is 1. The first-order chi connectivity index (χ1) is 8.60. The van der Waals surface area contributed by atoms with E-state index in [2.05, 4.69) is 22.6 Å². The van der Waals surface area contributed by atoms with Crippen LogP contribution >= 0.6 is 11.6 Å². The molecule has 2 N–H and O–H groups in total. The fourth-order valence-corrected chi connectivity index (χ4v) is 2.37. The molecule has 1 amide bonds. The maximum absolute atomic E-state index is 11.6. The lowest BCUT2D eigenvalue weighted by Gasteiger charge is -2.16. The van der Waals surface area contributed by atoms with Gasteiger partial charge in [-0.05, 0) is 38.2 Å². The highest BCUT2D eigenvalue weighted by Gasteiger charge is 2.20. The lowest BCUT2D eigenvalue weighted by atomic mass is 10.1. The van der Waals surface area contributed by atoms with E-state index >= 15 is 0 Å². The second-order valence-corrected chi connectivity index (χ2v) is 5.07. The minimum absolute atomic E-state index is 0.0988. The second kappa shape index (κ2) is 5.59. The number of likely N-dealkylation sites (tertiary alicyclic amines) is 1. The second-order valence-electron chi connectivity index (χ2n) is 4.67. The van der Waals surface area contributed by atoms with Gasteiger partial charge in [0.25, 0.3) is 5.91 Å². The zero-order valence-electron chi connectivity index (χ0n) is 10.7. The van der Waals surface area contributed by atoms with Crippen molar-refractivity contribution in [2.24, 2.45) is 0 Å². The number of anilines is 1. The van der Waals surface area contributed by atoms with Gasteiger partial charge in [0.2, 0.25) is 0 Å². The highest BCUT2D eigenvalue weighted by atomic mass is 35.5. The molecule has 1 aliphatic rings. The van der Waals surface area contributed by atoms with Gasteiger partial charge in [0.05, 0.1) is 10.7 Å². The maximum atomic E-state index is 11.6. The van der Waals surface area contributed by atoms with Gasteiger partial charge in [0.1, 0.15) is 0 Å². The SMILES string of the molecule is CNC(=O)c1ccc(Cl)c(NC2CCN(C)C2)c1. The molecule has 1 aromatic rings. The van der Waals surface area contributed by atoms with Gasteiger partial charge in [-0.15, -0.1) is 0 Å². The summed E-state index contributed by atoms with van der Waals surface area (Å²) >= 11 is 6.15. The van der Waals surface area contributed by atoms with Crippen LogP contribution in [-0.4, -0.2) is 44.0 Å². The summed E-state index contributed by atoms with van der Waals surface area (Å²) in [6.45, 7) is 2.09. The van der Waals surface area contributed by atoms with Gasteiger partial charge in [0.15, 0.2) is 0 Å². The lowest BCUT2D eigenvalue weighted by molar-refractivity contribution is 0.0963. The minimum atomic E-state index is -0.0988. The number of rotatable bonds is 3. The molecular formula is C13H18ClN3O. The summed E-state index contributed by atoms with van der Waals surface area (Å²) in [4.78, 5) is 13.8. The van der Waals surface area contributed by atoms with Crippen LogP contribution in [0.2, 0.25) is 5.02 Å². The van der Waals surface area contributed by atoms with Crippen LogP contribution in [0.15, 0.2) is 18.2 Å². The van der Waals surface area contributed by atoms with Crippen molar-refractivity contribution in [1.82, 2.24) is 10.2 Å². The van der Waals surface area contributed by atoms with Gasteiger partial charge in [-0.25, -0.2) is 0 Å². The van der Waals surface area contributed by atoms with Crippen LogP contribution in [0, 0.1) is 0 Å². The summed E-state index contributed by atoms with van der Waals surface area (Å²) in [5, 5.41) is 6.67. The third-order valence-electron chi connectivity index (χ3n) is 3.21. The molecule has 4 nitrogen and oxygen atoms in total. The highest BCUT2D eigenvalue weighted by Crippen LogP contribution is 2.25. The van der Waals surface area contributed by atoms with Crippen molar-refractivity contribution in [2.75, 3.05) is 32.5 Å². The Balaban J connectivity index is 2.13.